The molecular formula is C16H20N2O2. The number of hydrogen-bond donors (Lipinski definition) is 1. The van der Waals surface area contributed by atoms with Crippen molar-refractivity contribution in [1.29, 1.82) is 0 Å². The van der Waals surface area contributed by atoms with Crippen LogP contribution in [0.15, 0.2) is 18.3 Å². The number of carbonyl (C=O) groups excluding carboxylic acids is 2. The first-order valence-electron chi connectivity index (χ1n) is 7.16. The summed E-state index contributed by atoms with van der Waals surface area (Å²) in [4.78, 5) is 29.5. The van der Waals surface area contributed by atoms with Gasteiger partial charge in [-0.05, 0) is 43.7 Å². The Balaban J connectivity index is 1.89. The number of rotatable bonds is 2. The van der Waals surface area contributed by atoms with Crippen LogP contribution in [0.5, 0.6) is 0 Å². The number of anilines is 1. The number of nitrogens with one attached hydrogen (secondary N) is 1. The molecule has 0 aliphatic heterocycles. The van der Waals surface area contributed by atoms with Gasteiger partial charge < -0.3 is 5.32 Å². The highest BCUT2D eigenvalue weighted by Crippen LogP contribution is 2.60. The fourth-order valence-electron chi connectivity index (χ4n) is 3.82. The Morgan fingerprint density at radius 3 is 2.80 bits per heavy atom. The van der Waals surface area contributed by atoms with Crippen molar-refractivity contribution < 1.29 is 9.59 Å². The summed E-state index contributed by atoms with van der Waals surface area (Å²) in [7, 11) is 0. The third-order valence-electron chi connectivity index (χ3n) is 5.23. The van der Waals surface area contributed by atoms with Crippen LogP contribution in [0.4, 0.5) is 5.82 Å². The second-order valence-electron chi connectivity index (χ2n) is 6.70. The summed E-state index contributed by atoms with van der Waals surface area (Å²) in [6.45, 7) is 5.85. The average Bonchev–Trinajstić information content (AvgIpc) is 2.93. The zero-order valence-corrected chi connectivity index (χ0v) is 12.2. The van der Waals surface area contributed by atoms with E-state index in [1.165, 1.54) is 0 Å². The molecule has 20 heavy (non-hydrogen) atoms. The smallest absolute Gasteiger partial charge is 0.239 e. The SMILES string of the molecule is Cc1cccnc1NC(=O)C12CCC(C1)C(C)(C)C2=O. The molecule has 0 radical (unpaired) electrons. The van der Waals surface area contributed by atoms with Crippen LogP contribution < -0.4 is 5.32 Å². The van der Waals surface area contributed by atoms with Crippen LogP contribution >= 0.6 is 0 Å². The van der Waals surface area contributed by atoms with Gasteiger partial charge in [0.1, 0.15) is 11.2 Å². The Labute approximate surface area is 119 Å². The molecule has 2 fully saturated rings. The zero-order chi connectivity index (χ0) is 14.5. The first-order valence-corrected chi connectivity index (χ1v) is 7.16. The number of hydrogen-bond acceptors (Lipinski definition) is 3. The molecule has 1 heterocycles. The lowest BCUT2D eigenvalue weighted by molar-refractivity contribution is -0.142. The summed E-state index contributed by atoms with van der Waals surface area (Å²) in [6.07, 6.45) is 3.99. The zero-order valence-electron chi connectivity index (χ0n) is 12.2. The molecule has 2 aliphatic rings. The minimum atomic E-state index is -0.821. The van der Waals surface area contributed by atoms with Crippen LogP contribution in [-0.4, -0.2) is 16.7 Å². The molecule has 1 N–H and O–H groups in total. The standard InChI is InChI=1S/C16H20N2O2/c1-10-5-4-8-17-12(10)18-14(20)16-7-6-11(9-16)15(2,3)13(16)19/h4-5,8,11H,6-7,9H2,1-3H3,(H,17,18,20). The second kappa shape index (κ2) is 4.14. The molecule has 0 spiro atoms. The first-order chi connectivity index (χ1) is 9.38. The van der Waals surface area contributed by atoms with Crippen LogP contribution in [0.2, 0.25) is 0 Å². The summed E-state index contributed by atoms with van der Waals surface area (Å²) in [5.74, 6) is 0.836. The molecule has 106 valence electrons. The van der Waals surface area contributed by atoms with Crippen molar-refractivity contribution in [1.82, 2.24) is 4.98 Å². The topological polar surface area (TPSA) is 59.1 Å². The molecule has 2 bridgehead atoms. The lowest BCUT2D eigenvalue weighted by Crippen LogP contribution is -2.44. The lowest BCUT2D eigenvalue weighted by Gasteiger charge is -2.32. The number of fused-ring (bicyclic) bond motifs is 2. The molecule has 1 aromatic heterocycles. The largest absolute Gasteiger partial charge is 0.310 e. The lowest BCUT2D eigenvalue weighted by atomic mass is 9.70. The van der Waals surface area contributed by atoms with Gasteiger partial charge in [-0.25, -0.2) is 4.98 Å². The third kappa shape index (κ3) is 1.63. The van der Waals surface area contributed by atoms with Crippen molar-refractivity contribution in [2.24, 2.45) is 16.7 Å². The summed E-state index contributed by atoms with van der Waals surface area (Å²) < 4.78 is 0. The molecule has 2 unspecified atom stereocenters. The summed E-state index contributed by atoms with van der Waals surface area (Å²) in [5.41, 5.74) is -0.274. The number of aryl methyl sites for hydroxylation is 1. The predicted molar refractivity (Wildman–Crippen MR) is 76.2 cm³/mol. The van der Waals surface area contributed by atoms with E-state index in [0.717, 1.165) is 12.0 Å². The Morgan fingerprint density at radius 2 is 2.20 bits per heavy atom. The Kier molecular flexibility index (Phi) is 2.75. The van der Waals surface area contributed by atoms with Crippen LogP contribution in [0, 0.1) is 23.7 Å². The average molecular weight is 272 g/mol. The van der Waals surface area contributed by atoms with Crippen molar-refractivity contribution in [2.75, 3.05) is 5.32 Å². The van der Waals surface area contributed by atoms with Crippen molar-refractivity contribution >= 4 is 17.5 Å². The fraction of sp³-hybridized carbons (Fsp3) is 0.562. The Morgan fingerprint density at radius 1 is 1.45 bits per heavy atom. The van der Waals surface area contributed by atoms with Gasteiger partial charge >= 0.3 is 0 Å². The van der Waals surface area contributed by atoms with Gasteiger partial charge in [-0.1, -0.05) is 19.9 Å². The molecule has 2 aliphatic carbocycles. The number of aromatic nitrogens is 1. The summed E-state index contributed by atoms with van der Waals surface area (Å²) in [5, 5.41) is 2.87. The van der Waals surface area contributed by atoms with Gasteiger partial charge in [-0.15, -0.1) is 0 Å². The second-order valence-corrected chi connectivity index (χ2v) is 6.70. The number of ketones is 1. The van der Waals surface area contributed by atoms with Gasteiger partial charge in [0, 0.05) is 11.6 Å². The minimum Gasteiger partial charge on any atom is -0.310 e. The Hall–Kier alpha value is -1.71. The van der Waals surface area contributed by atoms with Crippen molar-refractivity contribution in [3.63, 3.8) is 0 Å². The normalized spacial score (nSPS) is 30.6. The molecule has 2 saturated carbocycles. The van der Waals surface area contributed by atoms with E-state index < -0.39 is 5.41 Å². The van der Waals surface area contributed by atoms with E-state index in [1.807, 2.05) is 32.9 Å². The molecule has 3 rings (SSSR count). The predicted octanol–water partition coefficient (Wildman–Crippen LogP) is 2.72. The van der Waals surface area contributed by atoms with E-state index in [2.05, 4.69) is 10.3 Å². The summed E-state index contributed by atoms with van der Waals surface area (Å²) in [6, 6.07) is 3.73. The van der Waals surface area contributed by atoms with Gasteiger partial charge in [-0.3, -0.25) is 9.59 Å². The van der Waals surface area contributed by atoms with E-state index in [9.17, 15) is 9.59 Å². The van der Waals surface area contributed by atoms with Crippen LogP contribution in [-0.2, 0) is 9.59 Å². The van der Waals surface area contributed by atoms with Gasteiger partial charge in [0.05, 0.1) is 0 Å². The first kappa shape index (κ1) is 13.3. The number of Topliss-reactive ketones (excluding diaryl/α,β-unsaturated/α-hetero) is 1. The number of amides is 1. The van der Waals surface area contributed by atoms with Gasteiger partial charge in [0.25, 0.3) is 0 Å². The highest BCUT2D eigenvalue weighted by Gasteiger charge is 2.65. The molecule has 4 heteroatoms. The maximum Gasteiger partial charge on any atom is 0.239 e. The highest BCUT2D eigenvalue weighted by molar-refractivity contribution is 6.14. The van der Waals surface area contributed by atoms with Gasteiger partial charge in [-0.2, -0.15) is 0 Å². The summed E-state index contributed by atoms with van der Waals surface area (Å²) >= 11 is 0. The molecule has 1 aromatic rings. The van der Waals surface area contributed by atoms with E-state index >= 15 is 0 Å². The van der Waals surface area contributed by atoms with Gasteiger partial charge in [0.15, 0.2) is 5.78 Å². The van der Waals surface area contributed by atoms with E-state index in [4.69, 9.17) is 0 Å². The molecular weight excluding hydrogens is 252 g/mol. The van der Waals surface area contributed by atoms with Crippen molar-refractivity contribution in [3.8, 4) is 0 Å². The number of carbonyl (C=O) groups is 2. The van der Waals surface area contributed by atoms with E-state index in [0.29, 0.717) is 24.6 Å². The van der Waals surface area contributed by atoms with Crippen molar-refractivity contribution in [2.45, 2.75) is 40.0 Å². The monoisotopic (exact) mass is 272 g/mol. The molecule has 0 aromatic carbocycles. The maximum absolute atomic E-state index is 12.7. The van der Waals surface area contributed by atoms with Crippen molar-refractivity contribution in [3.05, 3.63) is 23.9 Å². The number of nitrogens with zero attached hydrogens (tertiary/aromatic N) is 1. The molecule has 0 saturated heterocycles. The highest BCUT2D eigenvalue weighted by atomic mass is 16.2. The van der Waals surface area contributed by atoms with Crippen LogP contribution in [0.3, 0.4) is 0 Å². The van der Waals surface area contributed by atoms with Gasteiger partial charge in [0.2, 0.25) is 5.91 Å². The van der Waals surface area contributed by atoms with Crippen LogP contribution in [0.25, 0.3) is 0 Å². The Bertz CT molecular complexity index is 594. The quantitative estimate of drug-likeness (QED) is 0.842. The molecule has 1 amide bonds. The van der Waals surface area contributed by atoms with Crippen LogP contribution in [0.1, 0.15) is 38.7 Å². The minimum absolute atomic E-state index is 0.104. The third-order valence-corrected chi connectivity index (χ3v) is 5.23. The fourth-order valence-corrected chi connectivity index (χ4v) is 3.82. The number of pyridine rings is 1. The maximum atomic E-state index is 12.7. The van der Waals surface area contributed by atoms with E-state index in [-0.39, 0.29) is 17.1 Å². The van der Waals surface area contributed by atoms with E-state index in [1.54, 1.807) is 6.20 Å². The molecule has 2 atom stereocenters. The molecule has 4 nitrogen and oxygen atoms in total.